The molecule has 0 fully saturated rings. The number of hydrogen-bond donors (Lipinski definition) is 0. The van der Waals surface area contributed by atoms with Crippen LogP contribution in [0.1, 0.15) is 21.6 Å². The summed E-state index contributed by atoms with van der Waals surface area (Å²) in [4.78, 5) is 22.4. The van der Waals surface area contributed by atoms with Crippen molar-refractivity contribution in [2.75, 3.05) is 7.11 Å². The Kier molecular flexibility index (Phi) is 5.64. The first-order chi connectivity index (χ1) is 11.4. The van der Waals surface area contributed by atoms with Crippen LogP contribution < -0.4 is 4.74 Å². The van der Waals surface area contributed by atoms with E-state index in [0.29, 0.717) is 28.1 Å². The van der Waals surface area contributed by atoms with E-state index in [0.717, 1.165) is 0 Å². The van der Waals surface area contributed by atoms with E-state index in [1.807, 2.05) is 0 Å². The van der Waals surface area contributed by atoms with Gasteiger partial charge in [-0.25, -0.2) is 9.48 Å². The molecule has 0 atom stereocenters. The van der Waals surface area contributed by atoms with Crippen molar-refractivity contribution >= 4 is 41.5 Å². The second kappa shape index (κ2) is 7.51. The molecule has 0 aliphatic carbocycles. The third kappa shape index (κ3) is 3.77. The van der Waals surface area contributed by atoms with E-state index in [1.165, 1.54) is 30.0 Å². The van der Waals surface area contributed by atoms with Gasteiger partial charge in [0.05, 0.1) is 23.4 Å². The van der Waals surface area contributed by atoms with Crippen molar-refractivity contribution in [3.8, 4) is 11.6 Å². The van der Waals surface area contributed by atoms with E-state index in [-0.39, 0.29) is 16.7 Å². The summed E-state index contributed by atoms with van der Waals surface area (Å²) < 4.78 is 11.7. The molecule has 0 radical (unpaired) electrons. The molecule has 0 aliphatic heterocycles. The lowest BCUT2D eigenvalue weighted by Gasteiger charge is -2.10. The van der Waals surface area contributed by atoms with Gasteiger partial charge in [0.15, 0.2) is 6.29 Å². The zero-order chi connectivity index (χ0) is 17.9. The molecule has 0 unspecified atom stereocenters. The van der Waals surface area contributed by atoms with Gasteiger partial charge < -0.3 is 9.47 Å². The Labute approximate surface area is 148 Å². The second-order valence-corrected chi connectivity index (χ2v) is 5.62. The van der Waals surface area contributed by atoms with Crippen LogP contribution >= 0.6 is 23.2 Å². The van der Waals surface area contributed by atoms with Crippen molar-refractivity contribution in [1.82, 2.24) is 9.78 Å². The van der Waals surface area contributed by atoms with Crippen LogP contribution in [0.4, 0.5) is 0 Å². The lowest BCUT2D eigenvalue weighted by atomic mass is 10.2. The second-order valence-electron chi connectivity index (χ2n) is 4.81. The van der Waals surface area contributed by atoms with Gasteiger partial charge >= 0.3 is 5.97 Å². The average molecular weight is 369 g/mol. The van der Waals surface area contributed by atoms with Gasteiger partial charge in [0, 0.05) is 18.1 Å². The predicted octanol–water partition coefficient (Wildman–Crippen LogP) is 3.83. The van der Waals surface area contributed by atoms with Crippen molar-refractivity contribution in [2.24, 2.45) is 7.05 Å². The quantitative estimate of drug-likeness (QED) is 0.455. The third-order valence-corrected chi connectivity index (χ3v) is 3.81. The summed E-state index contributed by atoms with van der Waals surface area (Å²) in [5.41, 5.74) is 1.38. The summed E-state index contributed by atoms with van der Waals surface area (Å²) in [6.45, 7) is 1.70. The average Bonchev–Trinajstić information content (AvgIpc) is 2.81. The van der Waals surface area contributed by atoms with E-state index in [1.54, 1.807) is 20.0 Å². The Hall–Kier alpha value is -2.31. The Morgan fingerprint density at radius 3 is 2.62 bits per heavy atom. The summed E-state index contributed by atoms with van der Waals surface area (Å²) in [5.74, 6) is 0.0142. The number of aldehydes is 1. The van der Waals surface area contributed by atoms with Gasteiger partial charge in [-0.1, -0.05) is 23.2 Å². The van der Waals surface area contributed by atoms with E-state index >= 15 is 0 Å². The number of ether oxygens (including phenoxy) is 2. The first-order valence-corrected chi connectivity index (χ1v) is 7.54. The molecule has 0 aliphatic rings. The number of nitrogens with zero attached hydrogens (tertiary/aromatic N) is 2. The van der Waals surface area contributed by atoms with Gasteiger partial charge in [0.1, 0.15) is 5.75 Å². The Balaban J connectivity index is 2.43. The number of aromatic nitrogens is 2. The molecule has 0 saturated heterocycles. The molecule has 1 heterocycles. The maximum Gasteiger partial charge on any atom is 0.330 e. The van der Waals surface area contributed by atoms with Crippen molar-refractivity contribution in [2.45, 2.75) is 6.92 Å². The summed E-state index contributed by atoms with van der Waals surface area (Å²) in [7, 11) is 2.92. The minimum absolute atomic E-state index is 0.255. The van der Waals surface area contributed by atoms with Crippen molar-refractivity contribution in [3.05, 3.63) is 45.1 Å². The highest BCUT2D eigenvalue weighted by atomic mass is 35.5. The number of halogens is 2. The monoisotopic (exact) mass is 368 g/mol. The zero-order valence-electron chi connectivity index (χ0n) is 13.2. The van der Waals surface area contributed by atoms with Crippen molar-refractivity contribution < 1.29 is 19.1 Å². The highest BCUT2D eigenvalue weighted by Crippen LogP contribution is 2.36. The number of methoxy groups -OCH3 is 1. The lowest BCUT2D eigenvalue weighted by molar-refractivity contribution is -0.134. The Morgan fingerprint density at radius 1 is 1.29 bits per heavy atom. The summed E-state index contributed by atoms with van der Waals surface area (Å²) in [6.07, 6.45) is 3.37. The van der Waals surface area contributed by atoms with Gasteiger partial charge in [0.2, 0.25) is 5.88 Å². The molecular formula is C16H14Cl2N2O4. The fourth-order valence-electron chi connectivity index (χ4n) is 1.99. The molecule has 2 aromatic rings. The highest BCUT2D eigenvalue weighted by molar-refractivity contribution is 6.36. The van der Waals surface area contributed by atoms with Gasteiger partial charge in [-0.05, 0) is 30.7 Å². The highest BCUT2D eigenvalue weighted by Gasteiger charge is 2.17. The van der Waals surface area contributed by atoms with E-state index in [4.69, 9.17) is 27.9 Å². The van der Waals surface area contributed by atoms with Gasteiger partial charge in [-0.2, -0.15) is 5.10 Å². The molecule has 8 heteroatoms. The zero-order valence-corrected chi connectivity index (χ0v) is 14.7. The molecular weight excluding hydrogens is 355 g/mol. The van der Waals surface area contributed by atoms with Gasteiger partial charge in [-0.3, -0.25) is 4.79 Å². The first-order valence-electron chi connectivity index (χ1n) is 6.79. The minimum atomic E-state index is -0.519. The van der Waals surface area contributed by atoms with Crippen LogP contribution in [0.15, 0.2) is 18.2 Å². The normalized spacial score (nSPS) is 10.9. The third-order valence-electron chi connectivity index (χ3n) is 3.19. The van der Waals surface area contributed by atoms with Gasteiger partial charge in [0.25, 0.3) is 0 Å². The molecule has 24 heavy (non-hydrogen) atoms. The van der Waals surface area contributed by atoms with Crippen LogP contribution in [0.5, 0.6) is 11.6 Å². The number of carbonyl (C=O) groups excluding carboxylic acids is 2. The summed E-state index contributed by atoms with van der Waals surface area (Å²) in [5, 5.41) is 4.73. The number of carbonyl (C=O) groups is 2. The molecule has 0 N–H and O–H groups in total. The van der Waals surface area contributed by atoms with Crippen LogP contribution in [0, 0.1) is 6.92 Å². The summed E-state index contributed by atoms with van der Waals surface area (Å²) in [6, 6.07) is 3.04. The maximum absolute atomic E-state index is 11.2. The molecule has 1 aromatic heterocycles. The molecule has 2 rings (SSSR count). The largest absolute Gasteiger partial charge is 0.466 e. The minimum Gasteiger partial charge on any atom is -0.466 e. The van der Waals surface area contributed by atoms with E-state index < -0.39 is 5.97 Å². The molecule has 0 spiro atoms. The maximum atomic E-state index is 11.2. The SMILES string of the molecule is COC(=O)/C=C/c1cc(Oc2c(C=O)c(C)nn2C)c(Cl)cc1Cl. The topological polar surface area (TPSA) is 70.4 Å². The molecule has 0 amide bonds. The van der Waals surface area contributed by atoms with Crippen LogP contribution in [0.25, 0.3) is 6.08 Å². The Morgan fingerprint density at radius 2 is 2.00 bits per heavy atom. The number of rotatable bonds is 5. The summed E-state index contributed by atoms with van der Waals surface area (Å²) >= 11 is 12.3. The molecule has 6 nitrogen and oxygen atoms in total. The number of aryl methyl sites for hydroxylation is 2. The Bertz CT molecular complexity index is 828. The van der Waals surface area contributed by atoms with Crippen LogP contribution in [-0.2, 0) is 16.6 Å². The first kappa shape index (κ1) is 18.0. The van der Waals surface area contributed by atoms with E-state index in [9.17, 15) is 9.59 Å². The van der Waals surface area contributed by atoms with Crippen LogP contribution in [0.3, 0.4) is 0 Å². The smallest absolute Gasteiger partial charge is 0.330 e. The molecule has 0 bridgehead atoms. The van der Waals surface area contributed by atoms with Crippen molar-refractivity contribution in [1.29, 1.82) is 0 Å². The fraction of sp³-hybridized carbons (Fsp3) is 0.188. The number of esters is 1. The fourth-order valence-corrected chi connectivity index (χ4v) is 2.48. The molecule has 126 valence electrons. The van der Waals surface area contributed by atoms with E-state index in [2.05, 4.69) is 9.84 Å². The molecule has 0 saturated carbocycles. The van der Waals surface area contributed by atoms with Crippen molar-refractivity contribution in [3.63, 3.8) is 0 Å². The number of hydrogen-bond acceptors (Lipinski definition) is 5. The number of benzene rings is 1. The lowest BCUT2D eigenvalue weighted by Crippen LogP contribution is -1.98. The molecule has 1 aromatic carbocycles. The van der Waals surface area contributed by atoms with Gasteiger partial charge in [-0.15, -0.1) is 0 Å². The predicted molar refractivity (Wildman–Crippen MR) is 90.9 cm³/mol. The van der Waals surface area contributed by atoms with Crippen LogP contribution in [-0.4, -0.2) is 29.1 Å². The van der Waals surface area contributed by atoms with Crippen LogP contribution in [0.2, 0.25) is 10.0 Å². The standard InChI is InChI=1S/C16H14Cl2N2O4/c1-9-11(8-21)16(20(2)19-9)24-14-6-10(4-5-15(22)23-3)12(17)7-13(14)18/h4-8H,1-3H3/b5-4+.